The van der Waals surface area contributed by atoms with Crippen molar-refractivity contribution < 1.29 is 4.79 Å². The summed E-state index contributed by atoms with van der Waals surface area (Å²) in [6.45, 7) is 3.88. The lowest BCUT2D eigenvalue weighted by molar-refractivity contribution is -0.0872. The first-order chi connectivity index (χ1) is 10.7. The third-order valence-corrected chi connectivity index (χ3v) is 4.37. The Bertz CT molecular complexity index is 686. The van der Waals surface area contributed by atoms with Gasteiger partial charge in [-0.05, 0) is 19.2 Å². The highest BCUT2D eigenvalue weighted by Crippen LogP contribution is 2.39. The molecule has 0 N–H and O–H groups in total. The predicted octanol–water partition coefficient (Wildman–Crippen LogP) is 0.926. The number of hydrogen-bond acceptors (Lipinski definition) is 5. The van der Waals surface area contributed by atoms with Gasteiger partial charge in [-0.1, -0.05) is 0 Å². The average Bonchev–Trinajstić information content (AvgIpc) is 2.50. The Morgan fingerprint density at radius 1 is 1.14 bits per heavy atom. The summed E-state index contributed by atoms with van der Waals surface area (Å²) >= 11 is 0. The molecule has 0 unspecified atom stereocenters. The van der Waals surface area contributed by atoms with Crippen LogP contribution in [0.1, 0.15) is 10.4 Å². The zero-order chi connectivity index (χ0) is 15.2. The maximum atomic E-state index is 12.4. The first kappa shape index (κ1) is 13.3. The molecular weight excluding hydrogens is 278 g/mol. The number of rotatable bonds is 2. The summed E-state index contributed by atoms with van der Waals surface area (Å²) in [7, 11) is 2.11. The van der Waals surface area contributed by atoms with Crippen LogP contribution in [0.15, 0.2) is 36.9 Å². The van der Waals surface area contributed by atoms with Gasteiger partial charge < -0.3 is 9.80 Å². The highest BCUT2D eigenvalue weighted by molar-refractivity contribution is 5.94. The van der Waals surface area contributed by atoms with Gasteiger partial charge in [0.2, 0.25) is 0 Å². The zero-order valence-corrected chi connectivity index (χ0v) is 12.4. The summed E-state index contributed by atoms with van der Waals surface area (Å²) in [5, 5.41) is 0. The van der Waals surface area contributed by atoms with Gasteiger partial charge in [-0.15, -0.1) is 0 Å². The Hall–Kier alpha value is -2.34. The van der Waals surface area contributed by atoms with Crippen molar-refractivity contribution in [1.82, 2.24) is 24.8 Å². The van der Waals surface area contributed by atoms with Gasteiger partial charge in [0, 0.05) is 61.9 Å². The fourth-order valence-corrected chi connectivity index (χ4v) is 3.47. The van der Waals surface area contributed by atoms with E-state index in [1.54, 1.807) is 24.8 Å². The molecule has 2 aliphatic rings. The second-order valence-electron chi connectivity index (χ2n) is 6.37. The maximum absolute atomic E-state index is 12.4. The van der Waals surface area contributed by atoms with E-state index in [0.29, 0.717) is 16.8 Å². The SMILES string of the molecule is CN1CC2(C1)CN(C(=O)c1cnc(-c3cccnc3)nc1)C2. The van der Waals surface area contributed by atoms with Gasteiger partial charge in [0.25, 0.3) is 5.91 Å². The van der Waals surface area contributed by atoms with Gasteiger partial charge in [0.05, 0.1) is 5.56 Å². The van der Waals surface area contributed by atoms with E-state index in [4.69, 9.17) is 0 Å². The molecule has 6 nitrogen and oxygen atoms in total. The number of nitrogens with zero attached hydrogens (tertiary/aromatic N) is 5. The van der Waals surface area contributed by atoms with Gasteiger partial charge in [-0.3, -0.25) is 9.78 Å². The van der Waals surface area contributed by atoms with Gasteiger partial charge in [0.15, 0.2) is 5.82 Å². The molecule has 2 saturated heterocycles. The minimum atomic E-state index is 0.0258. The van der Waals surface area contributed by atoms with Crippen LogP contribution in [0.4, 0.5) is 0 Å². The van der Waals surface area contributed by atoms with Crippen LogP contribution in [0.25, 0.3) is 11.4 Å². The fourth-order valence-electron chi connectivity index (χ4n) is 3.47. The molecule has 0 radical (unpaired) electrons. The van der Waals surface area contributed by atoms with Crippen molar-refractivity contribution in [1.29, 1.82) is 0 Å². The molecule has 1 spiro atoms. The lowest BCUT2D eigenvalue weighted by atomic mass is 9.73. The standard InChI is InChI=1S/C16H17N5O/c1-20-8-16(9-20)10-21(11-16)15(22)13-6-18-14(19-7-13)12-3-2-4-17-5-12/h2-7H,8-11H2,1H3. The van der Waals surface area contributed by atoms with Crippen LogP contribution >= 0.6 is 0 Å². The molecule has 112 valence electrons. The van der Waals surface area contributed by atoms with E-state index in [0.717, 1.165) is 31.7 Å². The Kier molecular flexibility index (Phi) is 2.94. The summed E-state index contributed by atoms with van der Waals surface area (Å²) < 4.78 is 0. The topological polar surface area (TPSA) is 62.2 Å². The predicted molar refractivity (Wildman–Crippen MR) is 81.1 cm³/mol. The maximum Gasteiger partial charge on any atom is 0.257 e. The highest BCUT2D eigenvalue weighted by Gasteiger charge is 2.51. The monoisotopic (exact) mass is 295 g/mol. The van der Waals surface area contributed by atoms with E-state index < -0.39 is 0 Å². The lowest BCUT2D eigenvalue weighted by Crippen LogP contribution is -2.72. The Morgan fingerprint density at radius 3 is 2.45 bits per heavy atom. The van der Waals surface area contributed by atoms with E-state index in [1.807, 2.05) is 17.0 Å². The summed E-state index contributed by atoms with van der Waals surface area (Å²) in [5.74, 6) is 0.614. The molecule has 0 bridgehead atoms. The molecule has 0 atom stereocenters. The fraction of sp³-hybridized carbons (Fsp3) is 0.375. The van der Waals surface area contributed by atoms with E-state index in [2.05, 4.69) is 26.9 Å². The van der Waals surface area contributed by atoms with Crippen LogP contribution in [-0.2, 0) is 0 Å². The van der Waals surface area contributed by atoms with Crippen LogP contribution in [0, 0.1) is 5.41 Å². The van der Waals surface area contributed by atoms with Crippen molar-refractivity contribution in [3.63, 3.8) is 0 Å². The largest absolute Gasteiger partial charge is 0.337 e. The molecular formula is C16H17N5O. The Balaban J connectivity index is 1.44. The second-order valence-corrected chi connectivity index (χ2v) is 6.37. The van der Waals surface area contributed by atoms with Crippen molar-refractivity contribution >= 4 is 5.91 Å². The Morgan fingerprint density at radius 2 is 1.86 bits per heavy atom. The number of aromatic nitrogens is 3. The minimum absolute atomic E-state index is 0.0258. The third-order valence-electron chi connectivity index (χ3n) is 4.37. The van der Waals surface area contributed by atoms with Crippen molar-refractivity contribution in [3.8, 4) is 11.4 Å². The minimum Gasteiger partial charge on any atom is -0.337 e. The third kappa shape index (κ3) is 2.16. The van der Waals surface area contributed by atoms with Crippen LogP contribution in [-0.4, -0.2) is 63.9 Å². The van der Waals surface area contributed by atoms with Gasteiger partial charge >= 0.3 is 0 Å². The quantitative estimate of drug-likeness (QED) is 0.824. The van der Waals surface area contributed by atoms with Crippen molar-refractivity contribution in [2.24, 2.45) is 5.41 Å². The van der Waals surface area contributed by atoms with Crippen LogP contribution in [0.2, 0.25) is 0 Å². The molecule has 4 rings (SSSR count). The number of carbonyl (C=O) groups excluding carboxylic acids is 1. The van der Waals surface area contributed by atoms with Crippen molar-refractivity contribution in [2.75, 3.05) is 33.2 Å². The molecule has 2 aliphatic heterocycles. The number of carbonyl (C=O) groups is 1. The summed E-state index contributed by atoms with van der Waals surface area (Å²) in [6.07, 6.45) is 6.63. The molecule has 22 heavy (non-hydrogen) atoms. The summed E-state index contributed by atoms with van der Waals surface area (Å²) in [6, 6.07) is 3.74. The molecule has 0 saturated carbocycles. The molecule has 0 aromatic carbocycles. The van der Waals surface area contributed by atoms with Crippen LogP contribution in [0.3, 0.4) is 0 Å². The van der Waals surface area contributed by atoms with E-state index in [-0.39, 0.29) is 5.91 Å². The van der Waals surface area contributed by atoms with Crippen molar-refractivity contribution in [3.05, 3.63) is 42.5 Å². The summed E-state index contributed by atoms with van der Waals surface area (Å²) in [5.41, 5.74) is 1.75. The highest BCUT2D eigenvalue weighted by atomic mass is 16.2. The first-order valence-corrected chi connectivity index (χ1v) is 7.36. The van der Waals surface area contributed by atoms with Gasteiger partial charge in [0.1, 0.15) is 0 Å². The average molecular weight is 295 g/mol. The number of likely N-dealkylation sites (tertiary alicyclic amines) is 2. The van der Waals surface area contributed by atoms with Gasteiger partial charge in [-0.25, -0.2) is 9.97 Å². The molecule has 0 aliphatic carbocycles. The van der Waals surface area contributed by atoms with Crippen LogP contribution < -0.4 is 0 Å². The number of pyridine rings is 1. The van der Waals surface area contributed by atoms with Crippen molar-refractivity contribution in [2.45, 2.75) is 0 Å². The van der Waals surface area contributed by atoms with Gasteiger partial charge in [-0.2, -0.15) is 0 Å². The normalized spacial score (nSPS) is 19.6. The molecule has 6 heteroatoms. The van der Waals surface area contributed by atoms with E-state index >= 15 is 0 Å². The first-order valence-electron chi connectivity index (χ1n) is 7.36. The lowest BCUT2D eigenvalue weighted by Gasteiger charge is -2.59. The molecule has 2 fully saturated rings. The zero-order valence-electron chi connectivity index (χ0n) is 12.4. The summed E-state index contributed by atoms with van der Waals surface area (Å²) in [4.78, 5) is 29.2. The molecule has 4 heterocycles. The Labute approximate surface area is 128 Å². The number of hydrogen-bond donors (Lipinski definition) is 0. The van der Waals surface area contributed by atoms with Crippen LogP contribution in [0.5, 0.6) is 0 Å². The second kappa shape index (κ2) is 4.84. The van der Waals surface area contributed by atoms with E-state index in [9.17, 15) is 4.79 Å². The van der Waals surface area contributed by atoms with E-state index in [1.165, 1.54) is 0 Å². The molecule has 2 aromatic heterocycles. The molecule has 2 aromatic rings. The molecule has 1 amide bonds. The smallest absolute Gasteiger partial charge is 0.257 e. The number of amides is 1.